The number of hydrogen-bond donors (Lipinski definition) is 1. The molecular formula is C18H22N2O. The second kappa shape index (κ2) is 5.60. The van der Waals surface area contributed by atoms with Gasteiger partial charge in [0.1, 0.15) is 0 Å². The van der Waals surface area contributed by atoms with E-state index in [1.807, 2.05) is 57.2 Å². The van der Waals surface area contributed by atoms with Crippen molar-refractivity contribution in [1.29, 1.82) is 0 Å². The molecule has 0 atom stereocenters. The normalized spacial score (nSPS) is 11.4. The Kier molecular flexibility index (Phi) is 4.03. The van der Waals surface area contributed by atoms with Crippen LogP contribution in [0.15, 0.2) is 49.1 Å². The summed E-state index contributed by atoms with van der Waals surface area (Å²) in [5.74, 6) is -0.0642. The number of amides is 1. The molecule has 3 heteroatoms. The highest BCUT2D eigenvalue weighted by atomic mass is 16.2. The fourth-order valence-corrected chi connectivity index (χ4v) is 2.38. The van der Waals surface area contributed by atoms with Crippen molar-refractivity contribution in [2.75, 3.05) is 12.3 Å². The van der Waals surface area contributed by atoms with Crippen molar-refractivity contribution in [3.63, 3.8) is 0 Å². The molecular weight excluding hydrogens is 260 g/mol. The van der Waals surface area contributed by atoms with Gasteiger partial charge in [-0.3, -0.25) is 4.79 Å². The Morgan fingerprint density at radius 2 is 1.81 bits per heavy atom. The minimum atomic E-state index is -0.288. The predicted octanol–water partition coefficient (Wildman–Crippen LogP) is 3.85. The maximum Gasteiger partial charge on any atom is 0.256 e. The van der Waals surface area contributed by atoms with Crippen LogP contribution < -0.4 is 5.73 Å². The Morgan fingerprint density at radius 3 is 2.33 bits per heavy atom. The van der Waals surface area contributed by atoms with E-state index in [0.717, 1.165) is 10.8 Å². The first-order chi connectivity index (χ1) is 9.84. The van der Waals surface area contributed by atoms with Crippen LogP contribution in [0, 0.1) is 0 Å². The van der Waals surface area contributed by atoms with E-state index in [9.17, 15) is 4.79 Å². The van der Waals surface area contributed by atoms with Crippen molar-refractivity contribution in [2.45, 2.75) is 26.3 Å². The number of carbonyl (C=O) groups is 1. The van der Waals surface area contributed by atoms with E-state index >= 15 is 0 Å². The zero-order chi connectivity index (χ0) is 15.6. The quantitative estimate of drug-likeness (QED) is 0.686. The minimum absolute atomic E-state index is 0.0642. The molecule has 0 aliphatic heterocycles. The van der Waals surface area contributed by atoms with Crippen LogP contribution in [0.25, 0.3) is 10.8 Å². The summed E-state index contributed by atoms with van der Waals surface area (Å²) in [5.41, 5.74) is 6.86. The topological polar surface area (TPSA) is 46.3 Å². The molecule has 0 aliphatic rings. The van der Waals surface area contributed by atoms with Gasteiger partial charge in [0.2, 0.25) is 0 Å². The summed E-state index contributed by atoms with van der Waals surface area (Å²) < 4.78 is 0. The van der Waals surface area contributed by atoms with Gasteiger partial charge in [-0.25, -0.2) is 0 Å². The minimum Gasteiger partial charge on any atom is -0.398 e. The lowest BCUT2D eigenvalue weighted by molar-refractivity contribution is 0.0618. The molecule has 2 rings (SSSR count). The molecule has 0 spiro atoms. The molecule has 0 radical (unpaired) electrons. The van der Waals surface area contributed by atoms with E-state index in [1.165, 1.54) is 0 Å². The largest absolute Gasteiger partial charge is 0.398 e. The number of anilines is 1. The molecule has 3 nitrogen and oxygen atoms in total. The van der Waals surface area contributed by atoms with Crippen LogP contribution in [0.5, 0.6) is 0 Å². The standard InChI is InChI=1S/C18H22N2O/c1-5-10-20(18(2,3)4)17(21)15-11-13-8-6-7-9-14(13)12-16(15)19/h5-9,11-12H,1,10,19H2,2-4H3. The molecule has 0 aliphatic carbocycles. The summed E-state index contributed by atoms with van der Waals surface area (Å²) in [6, 6.07) is 11.6. The van der Waals surface area contributed by atoms with E-state index in [2.05, 4.69) is 6.58 Å². The Bertz CT molecular complexity index is 683. The first-order valence-corrected chi connectivity index (χ1v) is 7.05. The zero-order valence-electron chi connectivity index (χ0n) is 12.9. The Balaban J connectivity index is 2.51. The highest BCUT2D eigenvalue weighted by Crippen LogP contribution is 2.25. The maximum absolute atomic E-state index is 12.8. The average molecular weight is 282 g/mol. The molecule has 2 aromatic rings. The highest BCUT2D eigenvalue weighted by molar-refractivity contribution is 6.04. The SMILES string of the molecule is C=CCN(C(=O)c1cc2ccccc2cc1N)C(C)(C)C. The van der Waals surface area contributed by atoms with Gasteiger partial charge in [-0.2, -0.15) is 0 Å². The third kappa shape index (κ3) is 3.07. The molecule has 0 bridgehead atoms. The number of rotatable bonds is 3. The molecule has 0 saturated carbocycles. The highest BCUT2D eigenvalue weighted by Gasteiger charge is 2.27. The predicted molar refractivity (Wildman–Crippen MR) is 89.3 cm³/mol. The number of benzene rings is 2. The van der Waals surface area contributed by atoms with Gasteiger partial charge in [0.25, 0.3) is 5.91 Å². The maximum atomic E-state index is 12.8. The lowest BCUT2D eigenvalue weighted by Gasteiger charge is -2.35. The van der Waals surface area contributed by atoms with E-state index < -0.39 is 0 Å². The lowest BCUT2D eigenvalue weighted by atomic mass is 10.0. The molecule has 2 N–H and O–H groups in total. The van der Waals surface area contributed by atoms with Gasteiger partial charge in [0.15, 0.2) is 0 Å². The summed E-state index contributed by atoms with van der Waals surface area (Å²) in [6.07, 6.45) is 1.74. The van der Waals surface area contributed by atoms with Crippen molar-refractivity contribution in [3.05, 3.63) is 54.6 Å². The van der Waals surface area contributed by atoms with E-state index in [0.29, 0.717) is 17.8 Å². The number of nitrogens with two attached hydrogens (primary N) is 1. The number of hydrogen-bond acceptors (Lipinski definition) is 2. The molecule has 2 aromatic carbocycles. The van der Waals surface area contributed by atoms with Crippen LogP contribution in [0.4, 0.5) is 5.69 Å². The molecule has 0 unspecified atom stereocenters. The van der Waals surface area contributed by atoms with Crippen LogP contribution in [0.1, 0.15) is 31.1 Å². The Morgan fingerprint density at radius 1 is 1.24 bits per heavy atom. The van der Waals surface area contributed by atoms with Gasteiger partial charge >= 0.3 is 0 Å². The second-order valence-corrected chi connectivity index (χ2v) is 6.16. The molecule has 0 fully saturated rings. The molecule has 21 heavy (non-hydrogen) atoms. The fraction of sp³-hybridized carbons (Fsp3) is 0.278. The van der Waals surface area contributed by atoms with Crippen LogP contribution in [-0.2, 0) is 0 Å². The van der Waals surface area contributed by atoms with Crippen molar-refractivity contribution >= 4 is 22.4 Å². The van der Waals surface area contributed by atoms with Crippen LogP contribution >= 0.6 is 0 Å². The van der Waals surface area contributed by atoms with Gasteiger partial charge in [0, 0.05) is 17.8 Å². The summed E-state index contributed by atoms with van der Waals surface area (Å²) in [4.78, 5) is 14.6. The van der Waals surface area contributed by atoms with Gasteiger partial charge in [0.05, 0.1) is 5.56 Å². The smallest absolute Gasteiger partial charge is 0.256 e. The molecule has 0 heterocycles. The Labute approximate surface area is 126 Å². The van der Waals surface area contributed by atoms with Crippen molar-refractivity contribution in [3.8, 4) is 0 Å². The van der Waals surface area contributed by atoms with Crippen molar-refractivity contribution in [1.82, 2.24) is 4.90 Å². The van der Waals surface area contributed by atoms with E-state index in [-0.39, 0.29) is 11.4 Å². The number of carbonyl (C=O) groups excluding carboxylic acids is 1. The zero-order valence-corrected chi connectivity index (χ0v) is 12.9. The third-order valence-electron chi connectivity index (χ3n) is 3.51. The first kappa shape index (κ1) is 15.1. The lowest BCUT2D eigenvalue weighted by Crippen LogP contribution is -2.45. The van der Waals surface area contributed by atoms with Gasteiger partial charge in [-0.05, 0) is 43.7 Å². The monoisotopic (exact) mass is 282 g/mol. The summed E-state index contributed by atoms with van der Waals surface area (Å²) in [5, 5.41) is 2.06. The van der Waals surface area contributed by atoms with Crippen LogP contribution in [-0.4, -0.2) is 22.9 Å². The Hall–Kier alpha value is -2.29. The fourth-order valence-electron chi connectivity index (χ4n) is 2.38. The number of fused-ring (bicyclic) bond motifs is 1. The van der Waals surface area contributed by atoms with Crippen molar-refractivity contribution in [2.24, 2.45) is 0 Å². The summed E-state index contributed by atoms with van der Waals surface area (Å²) >= 11 is 0. The number of nitrogens with zero attached hydrogens (tertiary/aromatic N) is 1. The van der Waals surface area contributed by atoms with Crippen molar-refractivity contribution < 1.29 is 4.79 Å². The molecule has 110 valence electrons. The van der Waals surface area contributed by atoms with Gasteiger partial charge < -0.3 is 10.6 Å². The summed E-state index contributed by atoms with van der Waals surface area (Å²) in [7, 11) is 0. The summed E-state index contributed by atoms with van der Waals surface area (Å²) in [6.45, 7) is 10.2. The molecule has 0 aromatic heterocycles. The van der Waals surface area contributed by atoms with Gasteiger partial charge in [-0.15, -0.1) is 6.58 Å². The van der Waals surface area contributed by atoms with Crippen LogP contribution in [0.2, 0.25) is 0 Å². The third-order valence-corrected chi connectivity index (χ3v) is 3.51. The van der Waals surface area contributed by atoms with E-state index in [4.69, 9.17) is 5.73 Å². The van der Waals surface area contributed by atoms with Gasteiger partial charge in [-0.1, -0.05) is 30.3 Å². The molecule has 1 amide bonds. The first-order valence-electron chi connectivity index (χ1n) is 7.05. The second-order valence-electron chi connectivity index (χ2n) is 6.16. The van der Waals surface area contributed by atoms with Crippen LogP contribution in [0.3, 0.4) is 0 Å². The van der Waals surface area contributed by atoms with E-state index in [1.54, 1.807) is 11.0 Å². The number of nitrogen functional groups attached to an aromatic ring is 1. The molecule has 0 saturated heterocycles. The average Bonchev–Trinajstić information content (AvgIpc) is 2.42.